The number of hydrogen-bond donors (Lipinski definition) is 1. The Kier molecular flexibility index (Phi) is 5.39. The second-order valence-corrected chi connectivity index (χ2v) is 5.34. The molecule has 0 saturated heterocycles. The van der Waals surface area contributed by atoms with E-state index >= 15 is 0 Å². The molecule has 0 saturated carbocycles. The Morgan fingerprint density at radius 1 is 1.38 bits per heavy atom. The minimum atomic E-state index is 0.241. The van der Waals surface area contributed by atoms with Crippen molar-refractivity contribution >= 4 is 17.5 Å². The molecule has 0 aliphatic rings. The molecule has 0 radical (unpaired) electrons. The SMILES string of the molecule is CCC(C)SCC(=O)Cc1ccc(O)cc1. The van der Waals surface area contributed by atoms with Crippen LogP contribution in [0.2, 0.25) is 0 Å². The number of phenols is 1. The average Bonchev–Trinajstić information content (AvgIpc) is 2.29. The van der Waals surface area contributed by atoms with E-state index in [0.29, 0.717) is 17.4 Å². The first-order valence-electron chi connectivity index (χ1n) is 5.53. The summed E-state index contributed by atoms with van der Waals surface area (Å²) in [6.45, 7) is 4.26. The van der Waals surface area contributed by atoms with Crippen LogP contribution in [-0.4, -0.2) is 21.9 Å². The Labute approximate surface area is 101 Å². The van der Waals surface area contributed by atoms with Gasteiger partial charge < -0.3 is 5.11 Å². The van der Waals surface area contributed by atoms with Crippen molar-refractivity contribution in [3.63, 3.8) is 0 Å². The van der Waals surface area contributed by atoms with Crippen LogP contribution in [0, 0.1) is 0 Å². The number of hydrogen-bond acceptors (Lipinski definition) is 3. The zero-order chi connectivity index (χ0) is 12.0. The molecule has 88 valence electrons. The van der Waals surface area contributed by atoms with Gasteiger partial charge in [-0.1, -0.05) is 26.0 Å². The topological polar surface area (TPSA) is 37.3 Å². The fourth-order valence-corrected chi connectivity index (χ4v) is 2.05. The Morgan fingerprint density at radius 2 is 2.00 bits per heavy atom. The van der Waals surface area contributed by atoms with Crippen LogP contribution in [0.1, 0.15) is 25.8 Å². The molecule has 0 aliphatic heterocycles. The molecular weight excluding hydrogens is 220 g/mol. The molecule has 3 heteroatoms. The van der Waals surface area contributed by atoms with Crippen LogP contribution >= 0.6 is 11.8 Å². The maximum Gasteiger partial charge on any atom is 0.147 e. The van der Waals surface area contributed by atoms with Gasteiger partial charge in [0.15, 0.2) is 0 Å². The molecule has 1 N–H and O–H groups in total. The molecule has 1 aromatic carbocycles. The highest BCUT2D eigenvalue weighted by Crippen LogP contribution is 2.15. The zero-order valence-electron chi connectivity index (χ0n) is 9.77. The third-order valence-corrected chi connectivity index (χ3v) is 3.83. The van der Waals surface area contributed by atoms with Gasteiger partial charge in [-0.25, -0.2) is 0 Å². The quantitative estimate of drug-likeness (QED) is 0.827. The first-order chi connectivity index (χ1) is 7.61. The standard InChI is InChI=1S/C13H18O2S/c1-3-10(2)16-9-13(15)8-11-4-6-12(14)7-5-11/h4-7,10,14H,3,8-9H2,1-2H3. The van der Waals surface area contributed by atoms with Crippen molar-refractivity contribution in [3.05, 3.63) is 29.8 Å². The molecular formula is C13H18O2S. The third kappa shape index (κ3) is 4.71. The Bertz CT molecular complexity index is 332. The van der Waals surface area contributed by atoms with Gasteiger partial charge in [0, 0.05) is 11.7 Å². The highest BCUT2D eigenvalue weighted by molar-refractivity contribution is 8.00. The zero-order valence-corrected chi connectivity index (χ0v) is 10.6. The number of carbonyl (C=O) groups excluding carboxylic acids is 1. The molecule has 1 unspecified atom stereocenters. The number of Topliss-reactive ketones (excluding diaryl/α,β-unsaturated/α-hetero) is 1. The molecule has 2 nitrogen and oxygen atoms in total. The lowest BCUT2D eigenvalue weighted by molar-refractivity contribution is -0.116. The van der Waals surface area contributed by atoms with Crippen LogP contribution in [0.15, 0.2) is 24.3 Å². The number of thioether (sulfide) groups is 1. The lowest BCUT2D eigenvalue weighted by atomic mass is 10.1. The summed E-state index contributed by atoms with van der Waals surface area (Å²) in [6, 6.07) is 6.82. The van der Waals surface area contributed by atoms with Gasteiger partial charge in [0.25, 0.3) is 0 Å². The number of rotatable bonds is 6. The van der Waals surface area contributed by atoms with E-state index < -0.39 is 0 Å². The molecule has 1 aromatic rings. The minimum absolute atomic E-state index is 0.241. The van der Waals surface area contributed by atoms with E-state index in [-0.39, 0.29) is 11.5 Å². The van der Waals surface area contributed by atoms with Gasteiger partial charge in [0.2, 0.25) is 0 Å². The van der Waals surface area contributed by atoms with Crippen LogP contribution in [0.25, 0.3) is 0 Å². The Balaban J connectivity index is 2.37. The van der Waals surface area contributed by atoms with Gasteiger partial charge in [-0.15, -0.1) is 0 Å². The van der Waals surface area contributed by atoms with E-state index in [0.717, 1.165) is 12.0 Å². The van der Waals surface area contributed by atoms with Gasteiger partial charge >= 0.3 is 0 Å². The van der Waals surface area contributed by atoms with Gasteiger partial charge in [-0.3, -0.25) is 4.79 Å². The largest absolute Gasteiger partial charge is 0.508 e. The predicted octanol–water partition coefficient (Wildman–Crippen LogP) is 3.04. The van der Waals surface area contributed by atoms with Crippen LogP contribution in [0.5, 0.6) is 5.75 Å². The van der Waals surface area contributed by atoms with Gasteiger partial charge in [-0.2, -0.15) is 11.8 Å². The first-order valence-corrected chi connectivity index (χ1v) is 6.58. The predicted molar refractivity (Wildman–Crippen MR) is 69.0 cm³/mol. The summed E-state index contributed by atoms with van der Waals surface area (Å²) in [5.74, 6) is 1.07. The van der Waals surface area contributed by atoms with Crippen molar-refractivity contribution in [1.82, 2.24) is 0 Å². The highest BCUT2D eigenvalue weighted by atomic mass is 32.2. The molecule has 0 aromatic heterocycles. The number of ketones is 1. The molecule has 0 bridgehead atoms. The summed E-state index contributed by atoms with van der Waals surface area (Å²) in [4.78, 5) is 11.6. The van der Waals surface area contributed by atoms with Gasteiger partial charge in [0.05, 0.1) is 5.75 Å². The van der Waals surface area contributed by atoms with Crippen LogP contribution in [-0.2, 0) is 11.2 Å². The van der Waals surface area contributed by atoms with E-state index in [4.69, 9.17) is 5.11 Å². The number of benzene rings is 1. The van der Waals surface area contributed by atoms with Crippen LogP contribution in [0.4, 0.5) is 0 Å². The fourth-order valence-electron chi connectivity index (χ4n) is 1.25. The highest BCUT2D eigenvalue weighted by Gasteiger charge is 2.06. The molecule has 0 aliphatic carbocycles. The van der Waals surface area contributed by atoms with E-state index in [1.807, 2.05) is 0 Å². The van der Waals surface area contributed by atoms with Crippen molar-refractivity contribution in [3.8, 4) is 5.75 Å². The molecule has 1 rings (SSSR count). The van der Waals surface area contributed by atoms with Crippen LogP contribution < -0.4 is 0 Å². The number of aromatic hydroxyl groups is 1. The molecule has 0 fully saturated rings. The summed E-state index contributed by atoms with van der Waals surface area (Å²) in [6.07, 6.45) is 1.56. The summed E-state index contributed by atoms with van der Waals surface area (Å²) >= 11 is 1.71. The van der Waals surface area contributed by atoms with Crippen molar-refractivity contribution in [2.75, 3.05) is 5.75 Å². The van der Waals surface area contributed by atoms with Gasteiger partial charge in [-0.05, 0) is 24.1 Å². The van der Waals surface area contributed by atoms with Crippen molar-refractivity contribution in [2.24, 2.45) is 0 Å². The monoisotopic (exact) mass is 238 g/mol. The second-order valence-electron chi connectivity index (χ2n) is 3.91. The van der Waals surface area contributed by atoms with Crippen molar-refractivity contribution in [1.29, 1.82) is 0 Å². The maximum absolute atomic E-state index is 11.6. The molecule has 16 heavy (non-hydrogen) atoms. The number of carbonyl (C=O) groups is 1. The molecule has 0 amide bonds. The average molecular weight is 238 g/mol. The third-order valence-electron chi connectivity index (χ3n) is 2.44. The second kappa shape index (κ2) is 6.59. The summed E-state index contributed by atoms with van der Waals surface area (Å²) < 4.78 is 0. The lowest BCUT2D eigenvalue weighted by Gasteiger charge is -2.07. The lowest BCUT2D eigenvalue weighted by Crippen LogP contribution is -2.08. The van der Waals surface area contributed by atoms with Crippen molar-refractivity contribution in [2.45, 2.75) is 31.9 Å². The Morgan fingerprint density at radius 3 is 2.56 bits per heavy atom. The summed E-state index contributed by atoms with van der Waals surface area (Å²) in [5, 5.41) is 9.65. The van der Waals surface area contributed by atoms with E-state index in [2.05, 4.69) is 13.8 Å². The first kappa shape index (κ1) is 13.1. The number of phenolic OH excluding ortho intramolecular Hbond substituents is 1. The van der Waals surface area contributed by atoms with Crippen molar-refractivity contribution < 1.29 is 9.90 Å². The van der Waals surface area contributed by atoms with E-state index in [9.17, 15) is 4.79 Å². The summed E-state index contributed by atoms with van der Waals surface area (Å²) in [5.41, 5.74) is 0.965. The summed E-state index contributed by atoms with van der Waals surface area (Å²) in [7, 11) is 0. The molecule has 0 heterocycles. The molecule has 0 spiro atoms. The fraction of sp³-hybridized carbons (Fsp3) is 0.462. The van der Waals surface area contributed by atoms with E-state index in [1.165, 1.54) is 0 Å². The minimum Gasteiger partial charge on any atom is -0.508 e. The molecule has 1 atom stereocenters. The normalized spacial score (nSPS) is 12.4. The van der Waals surface area contributed by atoms with Crippen LogP contribution in [0.3, 0.4) is 0 Å². The smallest absolute Gasteiger partial charge is 0.147 e. The van der Waals surface area contributed by atoms with E-state index in [1.54, 1.807) is 36.0 Å². The maximum atomic E-state index is 11.6. The van der Waals surface area contributed by atoms with Gasteiger partial charge in [0.1, 0.15) is 11.5 Å². The Hall–Kier alpha value is -0.960.